The van der Waals surface area contributed by atoms with E-state index in [-0.39, 0.29) is 12.6 Å². The Morgan fingerprint density at radius 1 is 1.28 bits per heavy atom. The zero-order chi connectivity index (χ0) is 13.1. The second-order valence-electron chi connectivity index (χ2n) is 5.44. The molecule has 0 aliphatic carbocycles. The Balaban J connectivity index is 2.28. The fraction of sp³-hybridized carbons (Fsp3) is 0.600. The summed E-state index contributed by atoms with van der Waals surface area (Å²) in [5, 5.41) is 9.64. The van der Waals surface area contributed by atoms with Crippen LogP contribution in [-0.2, 0) is 0 Å². The van der Waals surface area contributed by atoms with Crippen LogP contribution >= 0.6 is 0 Å². The molecule has 1 fully saturated rings. The summed E-state index contributed by atoms with van der Waals surface area (Å²) < 4.78 is 0. The van der Waals surface area contributed by atoms with Gasteiger partial charge in [-0.3, -0.25) is 0 Å². The van der Waals surface area contributed by atoms with Crippen molar-refractivity contribution in [1.29, 1.82) is 0 Å². The smallest absolute Gasteiger partial charge is 0.0647 e. The van der Waals surface area contributed by atoms with Crippen LogP contribution in [0.3, 0.4) is 0 Å². The van der Waals surface area contributed by atoms with E-state index < -0.39 is 0 Å². The van der Waals surface area contributed by atoms with E-state index >= 15 is 0 Å². The monoisotopic (exact) mass is 248 g/mol. The van der Waals surface area contributed by atoms with Gasteiger partial charge in [0.05, 0.1) is 12.6 Å². The minimum absolute atomic E-state index is 0.207. The number of anilines is 1. The van der Waals surface area contributed by atoms with E-state index in [1.165, 1.54) is 16.8 Å². The third-order valence-electron chi connectivity index (χ3n) is 3.77. The second kappa shape index (κ2) is 5.72. The Morgan fingerprint density at radius 3 is 2.72 bits per heavy atom. The minimum Gasteiger partial charge on any atom is -0.394 e. The number of aryl methyl sites for hydroxylation is 2. The Labute approximate surface area is 110 Å². The number of likely N-dealkylation sites (N-methyl/N-ethyl adjacent to an activating group) is 1. The predicted molar refractivity (Wildman–Crippen MR) is 76.2 cm³/mol. The van der Waals surface area contributed by atoms with Crippen molar-refractivity contribution in [1.82, 2.24) is 4.90 Å². The van der Waals surface area contributed by atoms with Crippen molar-refractivity contribution in [3.05, 3.63) is 29.3 Å². The zero-order valence-corrected chi connectivity index (χ0v) is 11.7. The van der Waals surface area contributed by atoms with Crippen LogP contribution in [0.5, 0.6) is 0 Å². The Bertz CT molecular complexity index is 405. The number of benzene rings is 1. The highest BCUT2D eigenvalue weighted by atomic mass is 16.3. The third kappa shape index (κ3) is 2.85. The van der Waals surface area contributed by atoms with Crippen molar-refractivity contribution in [3.8, 4) is 0 Å². The molecule has 1 unspecified atom stereocenters. The molecule has 0 amide bonds. The number of rotatable bonds is 2. The first-order chi connectivity index (χ1) is 8.61. The molecule has 1 aliphatic heterocycles. The van der Waals surface area contributed by atoms with Gasteiger partial charge in [0.15, 0.2) is 0 Å². The molecule has 0 saturated carbocycles. The lowest BCUT2D eigenvalue weighted by atomic mass is 10.1. The average molecular weight is 248 g/mol. The van der Waals surface area contributed by atoms with E-state index in [1.54, 1.807) is 0 Å². The van der Waals surface area contributed by atoms with Crippen molar-refractivity contribution >= 4 is 5.69 Å². The van der Waals surface area contributed by atoms with Gasteiger partial charge in [-0.2, -0.15) is 0 Å². The van der Waals surface area contributed by atoms with Crippen molar-refractivity contribution in [2.45, 2.75) is 26.3 Å². The molecular formula is C15H24N2O. The average Bonchev–Trinajstić information content (AvgIpc) is 2.51. The van der Waals surface area contributed by atoms with Crippen LogP contribution in [-0.4, -0.2) is 49.3 Å². The Kier molecular flexibility index (Phi) is 4.25. The summed E-state index contributed by atoms with van der Waals surface area (Å²) in [5.41, 5.74) is 3.87. The molecule has 1 aromatic rings. The molecule has 0 radical (unpaired) electrons. The van der Waals surface area contributed by atoms with Gasteiger partial charge in [-0.15, -0.1) is 0 Å². The lowest BCUT2D eigenvalue weighted by Gasteiger charge is -2.32. The molecule has 1 atom stereocenters. The van der Waals surface area contributed by atoms with Gasteiger partial charge in [-0.05, 0) is 45.5 Å². The molecule has 1 N–H and O–H groups in total. The number of hydrogen-bond acceptors (Lipinski definition) is 3. The molecule has 1 saturated heterocycles. The summed E-state index contributed by atoms with van der Waals surface area (Å²) in [6, 6.07) is 6.78. The lowest BCUT2D eigenvalue weighted by molar-refractivity contribution is 0.229. The van der Waals surface area contributed by atoms with Crippen LogP contribution < -0.4 is 4.90 Å². The van der Waals surface area contributed by atoms with E-state index in [2.05, 4.69) is 48.9 Å². The molecule has 1 aromatic carbocycles. The van der Waals surface area contributed by atoms with Crippen molar-refractivity contribution in [2.75, 3.05) is 38.2 Å². The third-order valence-corrected chi connectivity index (χ3v) is 3.77. The van der Waals surface area contributed by atoms with E-state index in [0.29, 0.717) is 0 Å². The summed E-state index contributed by atoms with van der Waals surface area (Å²) in [7, 11) is 2.13. The standard InChI is InChI=1S/C15H24N2O/c1-12-5-6-15(13(2)9-12)17-8-4-7-16(3)10-14(17)11-18/h5-6,9,14,18H,4,7-8,10-11H2,1-3H3. The normalized spacial score (nSPS) is 22.0. The van der Waals surface area contributed by atoms with Crippen molar-refractivity contribution in [2.24, 2.45) is 0 Å². The number of hydrogen-bond donors (Lipinski definition) is 1. The first kappa shape index (κ1) is 13.4. The maximum atomic E-state index is 9.64. The fourth-order valence-corrected chi connectivity index (χ4v) is 2.84. The summed E-state index contributed by atoms with van der Waals surface area (Å²) in [6.07, 6.45) is 1.15. The molecule has 3 heteroatoms. The van der Waals surface area contributed by atoms with Crippen LogP contribution in [0.15, 0.2) is 18.2 Å². The highest BCUT2D eigenvalue weighted by molar-refractivity contribution is 5.55. The Morgan fingerprint density at radius 2 is 2.06 bits per heavy atom. The first-order valence-corrected chi connectivity index (χ1v) is 6.75. The molecule has 0 bridgehead atoms. The molecule has 0 aromatic heterocycles. The highest BCUT2D eigenvalue weighted by Crippen LogP contribution is 2.25. The molecule has 3 nitrogen and oxygen atoms in total. The summed E-state index contributed by atoms with van der Waals surface area (Å²) in [5.74, 6) is 0. The van der Waals surface area contributed by atoms with Crippen LogP contribution in [0.1, 0.15) is 17.5 Å². The van der Waals surface area contributed by atoms with E-state index in [9.17, 15) is 5.11 Å². The maximum Gasteiger partial charge on any atom is 0.0647 e. The van der Waals surface area contributed by atoms with Gasteiger partial charge in [0.2, 0.25) is 0 Å². The number of aliphatic hydroxyl groups excluding tert-OH is 1. The highest BCUT2D eigenvalue weighted by Gasteiger charge is 2.23. The summed E-state index contributed by atoms with van der Waals surface area (Å²) in [6.45, 7) is 7.57. The predicted octanol–water partition coefficient (Wildman–Crippen LogP) is 1.81. The van der Waals surface area contributed by atoms with Gasteiger partial charge in [-0.25, -0.2) is 0 Å². The van der Waals surface area contributed by atoms with Crippen molar-refractivity contribution in [3.63, 3.8) is 0 Å². The SMILES string of the molecule is Cc1ccc(N2CCCN(C)CC2CO)c(C)c1. The molecule has 0 spiro atoms. The lowest BCUT2D eigenvalue weighted by Crippen LogP contribution is -2.43. The molecular weight excluding hydrogens is 224 g/mol. The van der Waals surface area contributed by atoms with Gasteiger partial charge < -0.3 is 14.9 Å². The number of nitrogens with zero attached hydrogens (tertiary/aromatic N) is 2. The van der Waals surface area contributed by atoms with Gasteiger partial charge in [-0.1, -0.05) is 17.7 Å². The van der Waals surface area contributed by atoms with Gasteiger partial charge >= 0.3 is 0 Å². The Hall–Kier alpha value is -1.06. The van der Waals surface area contributed by atoms with Gasteiger partial charge in [0.1, 0.15) is 0 Å². The van der Waals surface area contributed by atoms with Crippen LogP contribution in [0.25, 0.3) is 0 Å². The summed E-state index contributed by atoms with van der Waals surface area (Å²) in [4.78, 5) is 4.68. The molecule has 18 heavy (non-hydrogen) atoms. The van der Waals surface area contributed by atoms with Gasteiger partial charge in [0.25, 0.3) is 0 Å². The second-order valence-corrected chi connectivity index (χ2v) is 5.44. The molecule has 1 heterocycles. The zero-order valence-electron chi connectivity index (χ0n) is 11.7. The van der Waals surface area contributed by atoms with E-state index in [1.807, 2.05) is 0 Å². The largest absolute Gasteiger partial charge is 0.394 e. The molecule has 2 rings (SSSR count). The van der Waals surface area contributed by atoms with Crippen LogP contribution in [0, 0.1) is 13.8 Å². The fourth-order valence-electron chi connectivity index (χ4n) is 2.84. The number of aliphatic hydroxyl groups is 1. The van der Waals surface area contributed by atoms with Crippen LogP contribution in [0.4, 0.5) is 5.69 Å². The van der Waals surface area contributed by atoms with Crippen molar-refractivity contribution < 1.29 is 5.11 Å². The van der Waals surface area contributed by atoms with E-state index in [4.69, 9.17) is 0 Å². The van der Waals surface area contributed by atoms with E-state index in [0.717, 1.165) is 26.1 Å². The molecule has 1 aliphatic rings. The summed E-state index contributed by atoms with van der Waals surface area (Å²) >= 11 is 0. The quantitative estimate of drug-likeness (QED) is 0.864. The van der Waals surface area contributed by atoms with Crippen LogP contribution in [0.2, 0.25) is 0 Å². The van der Waals surface area contributed by atoms with Gasteiger partial charge in [0, 0.05) is 18.8 Å². The maximum absolute atomic E-state index is 9.64. The minimum atomic E-state index is 0.207. The molecule has 100 valence electrons. The first-order valence-electron chi connectivity index (χ1n) is 6.75. The topological polar surface area (TPSA) is 26.7 Å².